The van der Waals surface area contributed by atoms with E-state index in [2.05, 4.69) is 15.5 Å². The molecule has 1 fully saturated rings. The summed E-state index contributed by atoms with van der Waals surface area (Å²) in [4.78, 5) is 0. The maximum atomic E-state index is 9.29. The highest BCUT2D eigenvalue weighted by molar-refractivity contribution is 7.99. The quantitative estimate of drug-likeness (QED) is 0.854. The average Bonchev–Trinajstić information content (AvgIpc) is 3.08. The van der Waals surface area contributed by atoms with Crippen molar-refractivity contribution >= 4 is 11.8 Å². The van der Waals surface area contributed by atoms with Gasteiger partial charge in [-0.1, -0.05) is 11.8 Å². The Hall–Kier alpha value is -1.60. The predicted molar refractivity (Wildman–Crippen MR) is 70.5 cm³/mol. The minimum atomic E-state index is 0.231. The number of benzene rings is 1. The van der Waals surface area contributed by atoms with Gasteiger partial charge in [-0.15, -0.1) is 5.10 Å². The highest BCUT2D eigenvalue weighted by Crippen LogP contribution is 2.24. The molecule has 1 aromatic heterocycles. The van der Waals surface area contributed by atoms with Crippen LogP contribution < -0.4 is 0 Å². The summed E-state index contributed by atoms with van der Waals surface area (Å²) < 4.78 is 7.04. The van der Waals surface area contributed by atoms with Gasteiger partial charge in [-0.3, -0.25) is 0 Å². The second kappa shape index (κ2) is 5.58. The van der Waals surface area contributed by atoms with E-state index in [4.69, 9.17) is 4.74 Å². The second-order valence-corrected chi connectivity index (χ2v) is 5.42. The van der Waals surface area contributed by atoms with Gasteiger partial charge >= 0.3 is 0 Å². The molecule has 2 heterocycles. The zero-order valence-electron chi connectivity index (χ0n) is 10.3. The van der Waals surface area contributed by atoms with Crippen LogP contribution in [0, 0.1) is 5.92 Å². The minimum absolute atomic E-state index is 0.231. The van der Waals surface area contributed by atoms with E-state index in [1.165, 1.54) is 0 Å². The van der Waals surface area contributed by atoms with Crippen LogP contribution in [-0.4, -0.2) is 44.3 Å². The van der Waals surface area contributed by atoms with Gasteiger partial charge in [0, 0.05) is 12.4 Å². The van der Waals surface area contributed by atoms with Gasteiger partial charge in [-0.2, -0.15) is 4.68 Å². The molecule has 0 saturated carbocycles. The molecule has 0 aliphatic carbocycles. The van der Waals surface area contributed by atoms with E-state index in [9.17, 15) is 5.11 Å². The van der Waals surface area contributed by atoms with Crippen LogP contribution in [0.4, 0.5) is 0 Å². The summed E-state index contributed by atoms with van der Waals surface area (Å²) in [6, 6.07) is 6.81. The van der Waals surface area contributed by atoms with Crippen LogP contribution in [0.25, 0.3) is 5.69 Å². The predicted octanol–water partition coefficient (Wildman–Crippen LogP) is 1.50. The van der Waals surface area contributed by atoms with E-state index < -0.39 is 0 Å². The molecule has 0 spiro atoms. The van der Waals surface area contributed by atoms with Crippen molar-refractivity contribution in [2.24, 2.45) is 5.92 Å². The van der Waals surface area contributed by atoms with E-state index in [1.807, 2.05) is 0 Å². The molecule has 1 aliphatic rings. The first-order valence-electron chi connectivity index (χ1n) is 6.11. The van der Waals surface area contributed by atoms with Crippen molar-refractivity contribution in [2.75, 3.05) is 19.0 Å². The Bertz CT molecular complexity index is 537. The van der Waals surface area contributed by atoms with Crippen LogP contribution in [0.2, 0.25) is 0 Å². The van der Waals surface area contributed by atoms with Gasteiger partial charge < -0.3 is 9.84 Å². The fraction of sp³-hybridized carbons (Fsp3) is 0.417. The van der Waals surface area contributed by atoms with Crippen molar-refractivity contribution in [3.05, 3.63) is 24.3 Å². The Morgan fingerprint density at radius 2 is 2.21 bits per heavy atom. The molecule has 1 N–H and O–H groups in total. The number of phenols is 1. The molecule has 0 radical (unpaired) electrons. The van der Waals surface area contributed by atoms with E-state index in [0.29, 0.717) is 5.92 Å². The van der Waals surface area contributed by atoms with Crippen molar-refractivity contribution in [3.8, 4) is 11.4 Å². The smallest absolute Gasteiger partial charge is 0.214 e. The summed E-state index contributed by atoms with van der Waals surface area (Å²) >= 11 is 1.63. The third kappa shape index (κ3) is 2.87. The lowest BCUT2D eigenvalue weighted by Gasteiger charge is -2.07. The molecule has 2 aromatic rings. The number of tetrazole rings is 1. The number of ether oxygens (including phenoxy) is 1. The Kier molecular flexibility index (Phi) is 3.65. The van der Waals surface area contributed by atoms with Crippen LogP contribution in [0.3, 0.4) is 0 Å². The number of phenolic OH excluding ortho intramolecular Hbond substituents is 1. The Balaban J connectivity index is 1.72. The van der Waals surface area contributed by atoms with E-state index in [1.54, 1.807) is 40.7 Å². The van der Waals surface area contributed by atoms with Crippen LogP contribution in [-0.2, 0) is 4.74 Å². The number of aromatic hydroxyl groups is 1. The fourth-order valence-corrected chi connectivity index (χ4v) is 2.94. The van der Waals surface area contributed by atoms with Crippen molar-refractivity contribution in [1.29, 1.82) is 0 Å². The lowest BCUT2D eigenvalue weighted by atomic mass is 10.2. The van der Waals surface area contributed by atoms with Gasteiger partial charge in [-0.05, 0) is 47.0 Å². The molecule has 1 unspecified atom stereocenters. The first-order valence-corrected chi connectivity index (χ1v) is 7.10. The van der Waals surface area contributed by atoms with E-state index >= 15 is 0 Å². The number of hydrogen-bond donors (Lipinski definition) is 1. The summed E-state index contributed by atoms with van der Waals surface area (Å²) in [6.45, 7) is 1.68. The zero-order chi connectivity index (χ0) is 13.1. The number of hydrogen-bond acceptors (Lipinski definition) is 6. The second-order valence-electron chi connectivity index (χ2n) is 4.43. The normalized spacial score (nSPS) is 18.8. The number of aromatic nitrogens is 4. The van der Waals surface area contributed by atoms with E-state index in [-0.39, 0.29) is 5.75 Å². The van der Waals surface area contributed by atoms with Crippen molar-refractivity contribution in [3.63, 3.8) is 0 Å². The van der Waals surface area contributed by atoms with Gasteiger partial charge in [0.15, 0.2) is 0 Å². The minimum Gasteiger partial charge on any atom is -0.508 e. The third-order valence-corrected chi connectivity index (χ3v) is 4.16. The molecule has 1 atom stereocenters. The molecular formula is C12H14N4O2S. The summed E-state index contributed by atoms with van der Waals surface area (Å²) in [5.41, 5.74) is 0.841. The van der Waals surface area contributed by atoms with E-state index in [0.717, 1.165) is 36.2 Å². The molecule has 3 rings (SSSR count). The SMILES string of the molecule is Oc1ccc(-n2nnnc2SCC2CCOC2)cc1. The molecule has 6 nitrogen and oxygen atoms in total. The molecular weight excluding hydrogens is 264 g/mol. The lowest BCUT2D eigenvalue weighted by molar-refractivity contribution is 0.189. The number of nitrogens with zero attached hydrogens (tertiary/aromatic N) is 4. The summed E-state index contributed by atoms with van der Waals surface area (Å²) in [5.74, 6) is 1.77. The van der Waals surface area contributed by atoms with Gasteiger partial charge in [0.05, 0.1) is 12.3 Å². The monoisotopic (exact) mass is 278 g/mol. The lowest BCUT2D eigenvalue weighted by Crippen LogP contribution is -2.04. The largest absolute Gasteiger partial charge is 0.508 e. The standard InChI is InChI=1S/C12H14N4O2S/c17-11-3-1-10(2-4-11)16-12(13-14-15-16)19-8-9-5-6-18-7-9/h1-4,9,17H,5-8H2. The Morgan fingerprint density at radius 1 is 1.37 bits per heavy atom. The molecule has 7 heteroatoms. The van der Waals surface area contributed by atoms with Crippen LogP contribution >= 0.6 is 11.8 Å². The summed E-state index contributed by atoms with van der Waals surface area (Å²) in [6.07, 6.45) is 1.10. The molecule has 0 bridgehead atoms. The van der Waals surface area contributed by atoms with Crippen molar-refractivity contribution < 1.29 is 9.84 Å². The molecule has 100 valence electrons. The maximum Gasteiger partial charge on any atom is 0.214 e. The first-order chi connectivity index (χ1) is 9.33. The van der Waals surface area contributed by atoms with Crippen molar-refractivity contribution in [2.45, 2.75) is 11.6 Å². The van der Waals surface area contributed by atoms with Gasteiger partial charge in [0.2, 0.25) is 5.16 Å². The Labute approximate surface area is 114 Å². The average molecular weight is 278 g/mol. The van der Waals surface area contributed by atoms with Gasteiger partial charge in [0.25, 0.3) is 0 Å². The molecule has 1 aromatic carbocycles. The molecule has 0 amide bonds. The van der Waals surface area contributed by atoms with Crippen LogP contribution in [0.5, 0.6) is 5.75 Å². The molecule has 19 heavy (non-hydrogen) atoms. The zero-order valence-corrected chi connectivity index (χ0v) is 11.1. The number of thioether (sulfide) groups is 1. The third-order valence-electron chi connectivity index (χ3n) is 3.01. The van der Waals surface area contributed by atoms with Crippen LogP contribution in [0.1, 0.15) is 6.42 Å². The van der Waals surface area contributed by atoms with Crippen LogP contribution in [0.15, 0.2) is 29.4 Å². The molecule has 1 aliphatic heterocycles. The highest BCUT2D eigenvalue weighted by Gasteiger charge is 2.18. The summed E-state index contributed by atoms with van der Waals surface area (Å²) in [7, 11) is 0. The first kappa shape index (κ1) is 12.4. The number of rotatable bonds is 4. The fourth-order valence-electron chi connectivity index (χ4n) is 1.93. The molecule has 1 saturated heterocycles. The van der Waals surface area contributed by atoms with Crippen molar-refractivity contribution in [1.82, 2.24) is 20.2 Å². The van der Waals surface area contributed by atoms with Gasteiger partial charge in [0.1, 0.15) is 5.75 Å². The van der Waals surface area contributed by atoms with Gasteiger partial charge in [-0.25, -0.2) is 0 Å². The Morgan fingerprint density at radius 3 is 2.95 bits per heavy atom. The summed E-state index contributed by atoms with van der Waals surface area (Å²) in [5, 5.41) is 21.8. The maximum absolute atomic E-state index is 9.29. The topological polar surface area (TPSA) is 73.1 Å². The highest BCUT2D eigenvalue weighted by atomic mass is 32.2.